The third-order valence-electron chi connectivity index (χ3n) is 0.855. The Balaban J connectivity index is 3.59. The molecule has 0 aliphatic heterocycles. The van der Waals surface area contributed by atoms with Crippen LogP contribution >= 0.6 is 0 Å². The van der Waals surface area contributed by atoms with Crippen LogP contribution in [-0.4, -0.2) is 12.3 Å². The predicted molar refractivity (Wildman–Crippen MR) is 41.7 cm³/mol. The third-order valence-corrected chi connectivity index (χ3v) is 0.855. The fourth-order valence-corrected chi connectivity index (χ4v) is 0.429. The molecule has 0 bridgehead atoms. The molecule has 1 unspecified atom stereocenters. The van der Waals surface area contributed by atoms with Crippen molar-refractivity contribution in [2.24, 2.45) is 0 Å². The highest BCUT2D eigenvalue weighted by Crippen LogP contribution is 1.94. The summed E-state index contributed by atoms with van der Waals surface area (Å²) in [5, 5.41) is 0. The van der Waals surface area contributed by atoms with Crippen molar-refractivity contribution in [3.8, 4) is 0 Å². The van der Waals surface area contributed by atoms with Crippen molar-refractivity contribution in [3.63, 3.8) is 0 Å². The molecule has 0 fully saturated rings. The summed E-state index contributed by atoms with van der Waals surface area (Å²) in [6, 6.07) is 0. The summed E-state index contributed by atoms with van der Waals surface area (Å²) in [5.41, 5.74) is 0. The maximum atomic E-state index is 10.5. The Labute approximate surface area is 66.3 Å². The van der Waals surface area contributed by atoms with Crippen molar-refractivity contribution in [2.45, 2.75) is 20.1 Å². The zero-order valence-electron chi connectivity index (χ0n) is 6.74. The Kier molecular flexibility index (Phi) is 4.90. The summed E-state index contributed by atoms with van der Waals surface area (Å²) in [4.78, 5) is 10.5. The number of hydrogen-bond acceptors (Lipinski definition) is 3. The van der Waals surface area contributed by atoms with Crippen LogP contribution in [0.1, 0.15) is 13.8 Å². The van der Waals surface area contributed by atoms with Gasteiger partial charge in [0.25, 0.3) is 0 Å². The Hall–Kier alpha value is -1.25. The number of esters is 1. The van der Waals surface area contributed by atoms with Gasteiger partial charge < -0.3 is 9.47 Å². The second kappa shape index (κ2) is 5.53. The molecule has 0 aromatic carbocycles. The maximum absolute atomic E-state index is 10.5. The number of rotatable bonds is 4. The summed E-state index contributed by atoms with van der Waals surface area (Å²) in [5.74, 6) is -0.484. The van der Waals surface area contributed by atoms with Gasteiger partial charge in [0, 0.05) is 13.0 Å². The van der Waals surface area contributed by atoms with Gasteiger partial charge >= 0.3 is 5.97 Å². The molecule has 62 valence electrons. The van der Waals surface area contributed by atoms with Crippen molar-refractivity contribution in [3.05, 3.63) is 25.0 Å². The fourth-order valence-electron chi connectivity index (χ4n) is 0.429. The molecule has 0 spiro atoms. The van der Waals surface area contributed by atoms with Crippen LogP contribution in [0, 0.1) is 0 Å². The molecule has 3 nitrogen and oxygen atoms in total. The van der Waals surface area contributed by atoms with Gasteiger partial charge in [-0.05, 0) is 6.92 Å². The van der Waals surface area contributed by atoms with E-state index in [0.29, 0.717) is 0 Å². The molecule has 0 rings (SSSR count). The second-order valence-electron chi connectivity index (χ2n) is 1.81. The summed E-state index contributed by atoms with van der Waals surface area (Å²) < 4.78 is 9.56. The van der Waals surface area contributed by atoms with E-state index in [4.69, 9.17) is 4.74 Å². The molecule has 1 atom stereocenters. The van der Waals surface area contributed by atoms with E-state index in [0.717, 1.165) is 6.08 Å². The lowest BCUT2D eigenvalue weighted by Crippen LogP contribution is -2.13. The first-order valence-corrected chi connectivity index (χ1v) is 3.30. The molecule has 0 heterocycles. The molecule has 0 aliphatic carbocycles. The van der Waals surface area contributed by atoms with Crippen LogP contribution in [0.2, 0.25) is 0 Å². The maximum Gasteiger partial charge on any atom is 0.333 e. The zero-order valence-corrected chi connectivity index (χ0v) is 6.74. The van der Waals surface area contributed by atoms with Crippen LogP contribution in [0.3, 0.4) is 0 Å². The van der Waals surface area contributed by atoms with Crippen molar-refractivity contribution < 1.29 is 14.3 Å². The number of allylic oxidation sites excluding steroid dienone is 1. The third kappa shape index (κ3) is 5.21. The van der Waals surface area contributed by atoms with Crippen LogP contribution in [0.15, 0.2) is 25.0 Å². The fraction of sp³-hybridized carbons (Fsp3) is 0.375. The van der Waals surface area contributed by atoms with Gasteiger partial charge in [-0.15, -0.1) is 0 Å². The van der Waals surface area contributed by atoms with E-state index >= 15 is 0 Å². The van der Waals surface area contributed by atoms with Gasteiger partial charge in [0.1, 0.15) is 0 Å². The first-order chi connectivity index (χ1) is 5.20. The first kappa shape index (κ1) is 9.75. The average molecular weight is 156 g/mol. The molecule has 0 radical (unpaired) electrons. The molecule has 0 saturated heterocycles. The molecule has 0 N–H and O–H groups in total. The minimum atomic E-state index is -0.559. The Morgan fingerprint density at radius 1 is 1.64 bits per heavy atom. The summed E-state index contributed by atoms with van der Waals surface area (Å²) in [7, 11) is 0. The highest BCUT2D eigenvalue weighted by molar-refractivity contribution is 5.81. The van der Waals surface area contributed by atoms with Crippen LogP contribution in [0.5, 0.6) is 0 Å². The number of hydrogen-bond donors (Lipinski definition) is 0. The summed E-state index contributed by atoms with van der Waals surface area (Å²) >= 11 is 0. The highest BCUT2D eigenvalue weighted by Gasteiger charge is 2.03. The van der Waals surface area contributed by atoms with E-state index in [1.54, 1.807) is 13.0 Å². The molecule has 3 heteroatoms. The molecular formula is C8H12O3. The van der Waals surface area contributed by atoms with E-state index in [1.807, 2.05) is 6.92 Å². The Morgan fingerprint density at radius 2 is 2.27 bits per heavy atom. The molecule has 0 amide bonds. The standard InChI is InChI=1S/C8H12O3/c1-4-6-10-7(3)11-8(9)5-2/h4-7H,2H2,1,3H3. The monoisotopic (exact) mass is 156 g/mol. The van der Waals surface area contributed by atoms with Crippen LogP contribution in [-0.2, 0) is 14.3 Å². The predicted octanol–water partition coefficient (Wildman–Crippen LogP) is 1.61. The van der Waals surface area contributed by atoms with E-state index < -0.39 is 12.3 Å². The van der Waals surface area contributed by atoms with E-state index in [1.165, 1.54) is 6.26 Å². The van der Waals surface area contributed by atoms with Crippen molar-refractivity contribution in [1.29, 1.82) is 0 Å². The lowest BCUT2D eigenvalue weighted by Gasteiger charge is -2.09. The van der Waals surface area contributed by atoms with Gasteiger partial charge in [-0.1, -0.05) is 12.7 Å². The minimum Gasteiger partial charge on any atom is -0.463 e. The van der Waals surface area contributed by atoms with Crippen LogP contribution in [0.25, 0.3) is 0 Å². The van der Waals surface area contributed by atoms with E-state index in [2.05, 4.69) is 11.3 Å². The van der Waals surface area contributed by atoms with Gasteiger partial charge in [-0.3, -0.25) is 0 Å². The van der Waals surface area contributed by atoms with Crippen molar-refractivity contribution in [1.82, 2.24) is 0 Å². The SMILES string of the molecule is C=CC(=O)OC(C)OC=CC. The molecule has 11 heavy (non-hydrogen) atoms. The smallest absolute Gasteiger partial charge is 0.333 e. The minimum absolute atomic E-state index is 0.484. The van der Waals surface area contributed by atoms with Gasteiger partial charge in [-0.25, -0.2) is 4.79 Å². The molecule has 0 saturated carbocycles. The van der Waals surface area contributed by atoms with Gasteiger partial charge in [0.15, 0.2) is 0 Å². The number of carbonyl (C=O) groups excluding carboxylic acids is 1. The van der Waals surface area contributed by atoms with Gasteiger partial charge in [0.2, 0.25) is 6.29 Å². The van der Waals surface area contributed by atoms with Crippen molar-refractivity contribution in [2.75, 3.05) is 0 Å². The second-order valence-corrected chi connectivity index (χ2v) is 1.81. The summed E-state index contributed by atoms with van der Waals surface area (Å²) in [6.45, 7) is 6.68. The molecule has 0 aliphatic rings. The Morgan fingerprint density at radius 3 is 2.73 bits per heavy atom. The largest absolute Gasteiger partial charge is 0.463 e. The lowest BCUT2D eigenvalue weighted by molar-refractivity contribution is -0.159. The lowest BCUT2D eigenvalue weighted by atomic mass is 10.6. The number of ether oxygens (including phenoxy) is 2. The van der Waals surface area contributed by atoms with Crippen LogP contribution in [0.4, 0.5) is 0 Å². The Bertz CT molecular complexity index is 161. The summed E-state index contributed by atoms with van der Waals surface area (Å²) in [6.07, 6.45) is 3.70. The number of carbonyl (C=O) groups is 1. The topological polar surface area (TPSA) is 35.5 Å². The quantitative estimate of drug-likeness (QED) is 0.268. The zero-order chi connectivity index (χ0) is 8.69. The van der Waals surface area contributed by atoms with E-state index in [9.17, 15) is 4.79 Å². The molecule has 0 aromatic heterocycles. The highest BCUT2D eigenvalue weighted by atomic mass is 16.7. The normalized spacial score (nSPS) is 12.5. The average Bonchev–Trinajstić information content (AvgIpc) is 2.00. The molecular weight excluding hydrogens is 144 g/mol. The van der Waals surface area contributed by atoms with Crippen molar-refractivity contribution >= 4 is 5.97 Å². The van der Waals surface area contributed by atoms with Crippen LogP contribution < -0.4 is 0 Å². The van der Waals surface area contributed by atoms with Gasteiger partial charge in [-0.2, -0.15) is 0 Å². The first-order valence-electron chi connectivity index (χ1n) is 3.30. The molecule has 0 aromatic rings. The van der Waals surface area contributed by atoms with E-state index in [-0.39, 0.29) is 0 Å². The van der Waals surface area contributed by atoms with Gasteiger partial charge in [0.05, 0.1) is 6.26 Å².